The first-order valence-electron chi connectivity index (χ1n) is 12.4. The zero-order valence-electron chi connectivity index (χ0n) is 19.4. The molecule has 0 N–H and O–H groups in total. The van der Waals surface area contributed by atoms with Gasteiger partial charge >= 0.3 is 213 Å². The molecule has 2 heteroatoms. The molecular formula is C32H29SiZr. The average molecular weight is 533 g/mol. The molecule has 0 fully saturated rings. The van der Waals surface area contributed by atoms with Crippen LogP contribution in [0.2, 0.25) is 0 Å². The fourth-order valence-electron chi connectivity index (χ4n) is 5.92. The normalized spacial score (nSPS) is 14.2. The Bertz CT molecular complexity index is 1250. The first kappa shape index (κ1) is 22.0. The molecule has 6 rings (SSSR count). The van der Waals surface area contributed by atoms with Gasteiger partial charge in [0, 0.05) is 0 Å². The van der Waals surface area contributed by atoms with Crippen molar-refractivity contribution in [2.24, 2.45) is 0 Å². The van der Waals surface area contributed by atoms with E-state index in [2.05, 4.69) is 127 Å². The Labute approximate surface area is 211 Å². The van der Waals surface area contributed by atoms with Crippen LogP contribution >= 0.6 is 0 Å². The summed E-state index contributed by atoms with van der Waals surface area (Å²) in [4.78, 5) is 0. The molecule has 2 aliphatic carbocycles. The van der Waals surface area contributed by atoms with Gasteiger partial charge in [-0.2, -0.15) is 0 Å². The average Bonchev–Trinajstić information content (AvgIpc) is 3.53. The Kier molecular flexibility index (Phi) is 6.45. The van der Waals surface area contributed by atoms with Crippen LogP contribution in [-0.4, -0.2) is 5.92 Å². The minimum absolute atomic E-state index is 0.644. The SMILES string of the molecule is C1=CC[C]([Zr]([CH]2c3ccccc3-c3ccccc32)[SiH](Cc2ccccc2)Cc2ccccc2)=C1. The van der Waals surface area contributed by atoms with Gasteiger partial charge in [0.2, 0.25) is 0 Å². The van der Waals surface area contributed by atoms with Crippen molar-refractivity contribution in [3.05, 3.63) is 153 Å². The second kappa shape index (κ2) is 9.98. The van der Waals surface area contributed by atoms with Crippen LogP contribution < -0.4 is 0 Å². The van der Waals surface area contributed by atoms with E-state index in [1.807, 2.05) is 3.28 Å². The number of benzene rings is 4. The molecular weight excluding hydrogens is 504 g/mol. The molecule has 4 aromatic carbocycles. The number of allylic oxidation sites excluding steroid dienone is 4. The van der Waals surface area contributed by atoms with Crippen molar-refractivity contribution in [2.75, 3.05) is 0 Å². The summed E-state index contributed by atoms with van der Waals surface area (Å²) in [6.45, 7) is 0. The van der Waals surface area contributed by atoms with E-state index in [4.69, 9.17) is 0 Å². The summed E-state index contributed by atoms with van der Waals surface area (Å²) < 4.78 is 2.48. The van der Waals surface area contributed by atoms with Gasteiger partial charge < -0.3 is 0 Å². The van der Waals surface area contributed by atoms with Crippen molar-refractivity contribution in [1.29, 1.82) is 0 Å². The molecule has 0 spiro atoms. The molecule has 34 heavy (non-hydrogen) atoms. The molecule has 0 amide bonds. The van der Waals surface area contributed by atoms with E-state index in [0.29, 0.717) is 3.63 Å². The Morgan fingerprint density at radius 2 is 1.12 bits per heavy atom. The predicted octanol–water partition coefficient (Wildman–Crippen LogP) is 7.51. The maximum atomic E-state index is 2.52. The van der Waals surface area contributed by atoms with E-state index in [0.717, 1.165) is 0 Å². The van der Waals surface area contributed by atoms with E-state index in [1.54, 1.807) is 22.3 Å². The summed E-state index contributed by atoms with van der Waals surface area (Å²) in [6, 6.07) is 43.9. The third-order valence-electron chi connectivity index (χ3n) is 7.38. The Balaban J connectivity index is 1.49. The van der Waals surface area contributed by atoms with E-state index in [-0.39, 0.29) is 0 Å². The molecule has 0 aliphatic heterocycles. The predicted molar refractivity (Wildman–Crippen MR) is 143 cm³/mol. The van der Waals surface area contributed by atoms with Crippen molar-refractivity contribution in [3.63, 3.8) is 0 Å². The Morgan fingerprint density at radius 3 is 1.62 bits per heavy atom. The summed E-state index contributed by atoms with van der Waals surface area (Å²) in [5.41, 5.74) is 9.28. The molecule has 2 aliphatic rings. The van der Waals surface area contributed by atoms with E-state index in [9.17, 15) is 0 Å². The summed E-state index contributed by atoms with van der Waals surface area (Å²) in [7, 11) is 0. The zero-order chi connectivity index (χ0) is 22.7. The van der Waals surface area contributed by atoms with Crippen LogP contribution in [0, 0.1) is 0 Å². The van der Waals surface area contributed by atoms with Crippen LogP contribution in [0.1, 0.15) is 32.3 Å². The van der Waals surface area contributed by atoms with Gasteiger partial charge in [-0.3, -0.25) is 0 Å². The van der Waals surface area contributed by atoms with Crippen molar-refractivity contribution in [1.82, 2.24) is 0 Å². The first-order valence-corrected chi connectivity index (χ1v) is 21.5. The minimum atomic E-state index is -2.13. The number of rotatable bonds is 7. The van der Waals surface area contributed by atoms with Crippen LogP contribution in [0.15, 0.2) is 131 Å². The first-order chi connectivity index (χ1) is 16.9. The molecule has 165 valence electrons. The molecule has 4 aromatic rings. The standard InChI is InChI=1S/C14H15Si.C13H9.C5H5.Zr/c1-3-7-13(8-4-1)11-15-12-14-9-5-2-6-10-14;1-3-7-12-10(5-1)9-11-6-2-4-8-13(11)12;1-2-4-5-3-1;/h1-10,15H,11-12H2;1-9H;1-3H,4H2;. The van der Waals surface area contributed by atoms with Gasteiger partial charge in [0.15, 0.2) is 0 Å². The van der Waals surface area contributed by atoms with Gasteiger partial charge in [0.1, 0.15) is 0 Å². The van der Waals surface area contributed by atoms with E-state index >= 15 is 0 Å². The van der Waals surface area contributed by atoms with Gasteiger partial charge in [-0.05, 0) is 0 Å². The molecule has 0 atom stereocenters. The van der Waals surface area contributed by atoms with Crippen LogP contribution in [0.4, 0.5) is 0 Å². The third kappa shape index (κ3) is 4.30. The number of fused-ring (bicyclic) bond motifs is 3. The summed E-state index contributed by atoms with van der Waals surface area (Å²) in [5, 5.41) is 0. The van der Waals surface area contributed by atoms with Crippen LogP contribution in [0.5, 0.6) is 0 Å². The van der Waals surface area contributed by atoms with E-state index < -0.39 is 26.8 Å². The Morgan fingerprint density at radius 1 is 0.618 bits per heavy atom. The Hall–Kier alpha value is -2.54. The van der Waals surface area contributed by atoms with Crippen molar-refractivity contribution in [2.45, 2.75) is 22.1 Å². The van der Waals surface area contributed by atoms with Gasteiger partial charge in [-0.15, -0.1) is 0 Å². The quantitative estimate of drug-likeness (QED) is 0.216. The van der Waals surface area contributed by atoms with Gasteiger partial charge in [-0.1, -0.05) is 0 Å². The molecule has 0 heterocycles. The fourth-order valence-corrected chi connectivity index (χ4v) is 32.0. The monoisotopic (exact) mass is 531 g/mol. The summed E-state index contributed by atoms with van der Waals surface area (Å²) in [6.07, 6.45) is 8.44. The van der Waals surface area contributed by atoms with Crippen LogP contribution in [-0.2, 0) is 33.0 Å². The molecule has 0 unspecified atom stereocenters. The topological polar surface area (TPSA) is 0 Å². The molecule has 0 nitrogen and oxygen atoms in total. The van der Waals surface area contributed by atoms with Gasteiger partial charge in [0.25, 0.3) is 0 Å². The van der Waals surface area contributed by atoms with Gasteiger partial charge in [0.05, 0.1) is 0 Å². The fraction of sp³-hybridized carbons (Fsp3) is 0.125. The van der Waals surface area contributed by atoms with Crippen molar-refractivity contribution >= 4 is 5.92 Å². The molecule has 0 radical (unpaired) electrons. The number of hydrogen-bond donors (Lipinski definition) is 0. The zero-order valence-corrected chi connectivity index (χ0v) is 23.0. The maximum absolute atomic E-state index is 2.52. The molecule has 0 bridgehead atoms. The van der Waals surface area contributed by atoms with Crippen molar-refractivity contribution in [3.8, 4) is 11.1 Å². The summed E-state index contributed by atoms with van der Waals surface area (Å²) >= 11 is -2.13. The second-order valence-corrected chi connectivity index (χ2v) is 26.6. The molecule has 0 saturated carbocycles. The number of hydrogen-bond acceptors (Lipinski definition) is 0. The van der Waals surface area contributed by atoms with Crippen LogP contribution in [0.3, 0.4) is 0 Å². The summed E-state index contributed by atoms with van der Waals surface area (Å²) in [5.74, 6) is -1.14. The van der Waals surface area contributed by atoms with Crippen molar-refractivity contribution < 1.29 is 20.9 Å². The van der Waals surface area contributed by atoms with Crippen LogP contribution in [0.25, 0.3) is 11.1 Å². The van der Waals surface area contributed by atoms with E-state index in [1.165, 1.54) is 29.6 Å². The molecule has 0 saturated heterocycles. The molecule has 0 aromatic heterocycles. The van der Waals surface area contributed by atoms with Gasteiger partial charge in [-0.25, -0.2) is 0 Å². The third-order valence-corrected chi connectivity index (χ3v) is 29.6. The second-order valence-electron chi connectivity index (χ2n) is 9.46.